The number of benzene rings is 1. The van der Waals surface area contributed by atoms with E-state index in [2.05, 4.69) is 31.8 Å². The van der Waals surface area contributed by atoms with E-state index in [1.807, 2.05) is 19.1 Å². The number of carbonyl (C=O) groups excluding carboxylic acids is 1. The zero-order valence-corrected chi connectivity index (χ0v) is 18.7. The third-order valence-corrected chi connectivity index (χ3v) is 4.09. The summed E-state index contributed by atoms with van der Waals surface area (Å²) in [6.07, 6.45) is 6.39. The molecule has 0 bridgehead atoms. The van der Waals surface area contributed by atoms with Crippen LogP contribution in [0, 0.1) is 12.3 Å². The van der Waals surface area contributed by atoms with Crippen molar-refractivity contribution in [2.24, 2.45) is 4.99 Å². The van der Waals surface area contributed by atoms with Crippen LogP contribution >= 0.6 is 24.0 Å². The molecular formula is C20H30IN5O2. The summed E-state index contributed by atoms with van der Waals surface area (Å²) >= 11 is 0. The van der Waals surface area contributed by atoms with Gasteiger partial charge in [-0.3, -0.25) is 9.69 Å². The van der Waals surface area contributed by atoms with Crippen molar-refractivity contribution in [1.29, 1.82) is 0 Å². The fourth-order valence-corrected chi connectivity index (χ4v) is 2.71. The number of ether oxygens (including phenoxy) is 1. The Morgan fingerprint density at radius 3 is 2.82 bits per heavy atom. The predicted octanol–water partition coefficient (Wildman–Crippen LogP) is 1.50. The lowest BCUT2D eigenvalue weighted by molar-refractivity contribution is -0.114. The maximum absolute atomic E-state index is 12.1. The van der Waals surface area contributed by atoms with E-state index >= 15 is 0 Å². The molecule has 1 aliphatic heterocycles. The first-order valence-corrected chi connectivity index (χ1v) is 9.40. The third kappa shape index (κ3) is 9.39. The molecule has 7 nitrogen and oxygen atoms in total. The van der Waals surface area contributed by atoms with Gasteiger partial charge in [-0.1, -0.05) is 12.0 Å². The molecule has 1 aromatic carbocycles. The van der Waals surface area contributed by atoms with Crippen molar-refractivity contribution < 1.29 is 9.53 Å². The Morgan fingerprint density at radius 1 is 1.32 bits per heavy atom. The normalized spacial score (nSPS) is 14.5. The molecule has 28 heavy (non-hydrogen) atoms. The number of carbonyl (C=O) groups is 1. The topological polar surface area (TPSA) is 78.0 Å². The molecule has 0 radical (unpaired) electrons. The summed E-state index contributed by atoms with van der Waals surface area (Å²) in [5.41, 5.74) is 1.40. The summed E-state index contributed by atoms with van der Waals surface area (Å²) in [5.74, 6) is 3.01. The zero-order chi connectivity index (χ0) is 19.3. The number of hydrogen-bond acceptors (Lipinski definition) is 4. The van der Waals surface area contributed by atoms with Crippen LogP contribution in [0.4, 0.5) is 5.69 Å². The van der Waals surface area contributed by atoms with Gasteiger partial charge in [-0.25, -0.2) is 4.99 Å². The number of morpholine rings is 1. The summed E-state index contributed by atoms with van der Waals surface area (Å²) in [7, 11) is 0. The van der Waals surface area contributed by atoms with E-state index in [0.717, 1.165) is 57.9 Å². The molecule has 0 aromatic heterocycles. The fourth-order valence-electron chi connectivity index (χ4n) is 2.71. The van der Waals surface area contributed by atoms with Crippen molar-refractivity contribution in [2.75, 3.05) is 57.8 Å². The molecule has 1 amide bonds. The molecule has 0 spiro atoms. The van der Waals surface area contributed by atoms with Crippen LogP contribution in [0.5, 0.6) is 0 Å². The van der Waals surface area contributed by atoms with Crippen LogP contribution in [0.25, 0.3) is 0 Å². The number of hydrogen-bond donors (Lipinski definition) is 3. The molecule has 1 aliphatic rings. The van der Waals surface area contributed by atoms with Gasteiger partial charge in [0.15, 0.2) is 5.96 Å². The third-order valence-electron chi connectivity index (χ3n) is 4.09. The molecule has 2 rings (SSSR count). The maximum atomic E-state index is 12.1. The highest BCUT2D eigenvalue weighted by Gasteiger charge is 2.09. The second-order valence-corrected chi connectivity index (χ2v) is 6.20. The van der Waals surface area contributed by atoms with Gasteiger partial charge >= 0.3 is 0 Å². The number of halogens is 1. The average molecular weight is 499 g/mol. The Morgan fingerprint density at radius 2 is 2.11 bits per heavy atom. The van der Waals surface area contributed by atoms with Crippen molar-refractivity contribution in [3.63, 3.8) is 0 Å². The van der Waals surface area contributed by atoms with Crippen LogP contribution < -0.4 is 16.0 Å². The van der Waals surface area contributed by atoms with Crippen molar-refractivity contribution in [2.45, 2.75) is 13.3 Å². The van der Waals surface area contributed by atoms with E-state index in [1.54, 1.807) is 12.1 Å². The Balaban J connectivity index is 0.00000392. The lowest BCUT2D eigenvalue weighted by Gasteiger charge is -2.26. The van der Waals surface area contributed by atoms with Crippen LogP contribution in [-0.4, -0.2) is 69.2 Å². The van der Waals surface area contributed by atoms with Gasteiger partial charge in [0.1, 0.15) is 6.54 Å². The van der Waals surface area contributed by atoms with Crippen LogP contribution in [0.3, 0.4) is 0 Å². The number of amides is 1. The molecule has 0 atom stereocenters. The van der Waals surface area contributed by atoms with E-state index in [-0.39, 0.29) is 36.4 Å². The molecule has 1 aromatic rings. The van der Waals surface area contributed by atoms with Gasteiger partial charge < -0.3 is 20.7 Å². The number of aliphatic imine (C=N–C) groups is 1. The van der Waals surface area contributed by atoms with Crippen molar-refractivity contribution >= 4 is 41.5 Å². The summed E-state index contributed by atoms with van der Waals surface area (Å²) < 4.78 is 5.35. The summed E-state index contributed by atoms with van der Waals surface area (Å²) in [6.45, 7) is 8.23. The van der Waals surface area contributed by atoms with E-state index in [1.165, 1.54) is 0 Å². The molecule has 0 saturated carbocycles. The van der Waals surface area contributed by atoms with E-state index in [0.29, 0.717) is 11.6 Å². The molecule has 3 N–H and O–H groups in total. The molecular weight excluding hydrogens is 469 g/mol. The average Bonchev–Trinajstić information content (AvgIpc) is 2.70. The van der Waals surface area contributed by atoms with Gasteiger partial charge in [0.05, 0.1) is 13.2 Å². The molecule has 154 valence electrons. The lowest BCUT2D eigenvalue weighted by Crippen LogP contribution is -2.41. The number of nitrogens with one attached hydrogen (secondary N) is 3. The van der Waals surface area contributed by atoms with Crippen molar-refractivity contribution in [1.82, 2.24) is 15.5 Å². The largest absolute Gasteiger partial charge is 0.379 e. The number of terminal acetylenes is 1. The summed E-state index contributed by atoms with van der Waals surface area (Å²) in [4.78, 5) is 18.9. The predicted molar refractivity (Wildman–Crippen MR) is 124 cm³/mol. The first-order valence-electron chi connectivity index (χ1n) is 9.40. The summed E-state index contributed by atoms with van der Waals surface area (Å²) in [5, 5.41) is 9.24. The fraction of sp³-hybridized carbons (Fsp3) is 0.500. The maximum Gasteiger partial charge on any atom is 0.246 e. The molecule has 1 saturated heterocycles. The molecule has 0 unspecified atom stereocenters. The highest BCUT2D eigenvalue weighted by molar-refractivity contribution is 14.0. The first-order chi connectivity index (χ1) is 13.2. The van der Waals surface area contributed by atoms with Crippen molar-refractivity contribution in [3.8, 4) is 12.3 Å². The Labute approximate surface area is 184 Å². The van der Waals surface area contributed by atoms with E-state index < -0.39 is 0 Å². The standard InChI is InChI=1S/C20H29N5O2.HI/c1-3-17-7-5-8-18(15-17)24-19(26)16-23-20(21-4-2)22-9-6-10-25-11-13-27-14-12-25;/h1,5,7-8,15H,4,6,9-14,16H2,2H3,(H,24,26)(H2,21,22,23);1H. The van der Waals surface area contributed by atoms with E-state index in [9.17, 15) is 4.79 Å². The first kappa shape index (κ1) is 24.2. The highest BCUT2D eigenvalue weighted by Crippen LogP contribution is 2.09. The molecule has 0 aliphatic carbocycles. The minimum Gasteiger partial charge on any atom is -0.379 e. The Hall–Kier alpha value is -1.83. The van der Waals surface area contributed by atoms with Crippen LogP contribution in [0.15, 0.2) is 29.3 Å². The van der Waals surface area contributed by atoms with Gasteiger partial charge in [-0.05, 0) is 38.1 Å². The van der Waals surface area contributed by atoms with Gasteiger partial charge in [0, 0.05) is 37.4 Å². The van der Waals surface area contributed by atoms with Crippen LogP contribution in [0.2, 0.25) is 0 Å². The molecule has 1 fully saturated rings. The zero-order valence-electron chi connectivity index (χ0n) is 16.4. The van der Waals surface area contributed by atoms with E-state index in [4.69, 9.17) is 11.2 Å². The second-order valence-electron chi connectivity index (χ2n) is 6.20. The Kier molecular flexibility index (Phi) is 12.3. The van der Waals surface area contributed by atoms with Crippen LogP contribution in [-0.2, 0) is 9.53 Å². The van der Waals surface area contributed by atoms with Gasteiger partial charge in [0.2, 0.25) is 5.91 Å². The highest BCUT2D eigenvalue weighted by atomic mass is 127. The number of guanidine groups is 1. The second kappa shape index (κ2) is 14.2. The van der Waals surface area contributed by atoms with Gasteiger partial charge in [-0.15, -0.1) is 30.4 Å². The van der Waals surface area contributed by atoms with Crippen molar-refractivity contribution in [3.05, 3.63) is 29.8 Å². The number of anilines is 1. The minimum atomic E-state index is -0.185. The lowest BCUT2D eigenvalue weighted by atomic mass is 10.2. The van der Waals surface area contributed by atoms with Gasteiger partial charge in [0.25, 0.3) is 0 Å². The minimum absolute atomic E-state index is 0. The number of rotatable bonds is 8. The molecule has 1 heterocycles. The number of nitrogens with zero attached hydrogens (tertiary/aromatic N) is 2. The Bertz CT molecular complexity index is 669. The monoisotopic (exact) mass is 499 g/mol. The SMILES string of the molecule is C#Cc1cccc(NC(=O)CN=C(NCC)NCCCN2CCOCC2)c1.I. The smallest absolute Gasteiger partial charge is 0.246 e. The summed E-state index contributed by atoms with van der Waals surface area (Å²) in [6, 6.07) is 7.19. The van der Waals surface area contributed by atoms with Gasteiger partial charge in [-0.2, -0.15) is 0 Å². The molecule has 8 heteroatoms. The quantitative estimate of drug-likeness (QED) is 0.166. The van der Waals surface area contributed by atoms with Crippen LogP contribution in [0.1, 0.15) is 18.9 Å².